The van der Waals surface area contributed by atoms with E-state index in [1.54, 1.807) is 25.1 Å². The third-order valence-corrected chi connectivity index (χ3v) is 7.63. The Morgan fingerprint density at radius 2 is 1.83 bits per heavy atom. The molecule has 0 N–H and O–H groups in total. The Morgan fingerprint density at radius 3 is 2.43 bits per heavy atom. The van der Waals surface area contributed by atoms with Gasteiger partial charge < -0.3 is 14.2 Å². The number of esters is 1. The van der Waals surface area contributed by atoms with Gasteiger partial charge >= 0.3 is 5.97 Å². The highest BCUT2D eigenvalue weighted by atomic mass is 79.9. The third-order valence-electron chi connectivity index (χ3n) is 5.00. The Morgan fingerprint density at radius 1 is 1.14 bits per heavy atom. The zero-order chi connectivity index (χ0) is 26.1. The van der Waals surface area contributed by atoms with Crippen molar-refractivity contribution in [1.29, 1.82) is 0 Å². The van der Waals surface area contributed by atoms with E-state index in [-0.39, 0.29) is 5.56 Å². The molecule has 1 aromatic heterocycles. The predicted octanol–water partition coefficient (Wildman–Crippen LogP) is 5.81. The summed E-state index contributed by atoms with van der Waals surface area (Å²) < 4.78 is 19.2. The number of rotatable bonds is 6. The summed E-state index contributed by atoms with van der Waals surface area (Å²) in [5.74, 6) is 0.674. The molecule has 0 aliphatic heterocycles. The molecule has 3 rings (SSSR count). The number of benzene rings is 2. The van der Waals surface area contributed by atoms with Crippen molar-refractivity contribution in [2.24, 2.45) is 5.10 Å². The van der Waals surface area contributed by atoms with Crippen LogP contribution >= 0.6 is 47.8 Å². The van der Waals surface area contributed by atoms with Gasteiger partial charge in [-0.05, 0) is 63.0 Å². The van der Waals surface area contributed by atoms with Gasteiger partial charge in [-0.3, -0.25) is 4.79 Å². The van der Waals surface area contributed by atoms with E-state index in [9.17, 15) is 9.59 Å². The molecule has 11 heteroatoms. The summed E-state index contributed by atoms with van der Waals surface area (Å²) >= 11 is 10.5. The van der Waals surface area contributed by atoms with Crippen LogP contribution in [0.15, 0.2) is 47.6 Å². The zero-order valence-electron chi connectivity index (χ0n) is 20.0. The summed E-state index contributed by atoms with van der Waals surface area (Å²) in [7, 11) is 2.78. The molecular weight excluding hydrogens is 650 g/mol. The maximum atomic E-state index is 13.4. The van der Waals surface area contributed by atoms with Crippen molar-refractivity contribution < 1.29 is 19.0 Å². The molecule has 8 nitrogen and oxygen atoms in total. The van der Waals surface area contributed by atoms with Crippen LogP contribution in [0.1, 0.15) is 39.1 Å². The summed E-state index contributed by atoms with van der Waals surface area (Å²) in [4.78, 5) is 29.9. The van der Waals surface area contributed by atoms with Gasteiger partial charge in [-0.15, -0.1) is 0 Å². The van der Waals surface area contributed by atoms with Gasteiger partial charge in [0, 0.05) is 19.9 Å². The lowest BCUT2D eigenvalue weighted by Gasteiger charge is -2.21. The number of hydrogen-bond acceptors (Lipinski definition) is 7. The van der Waals surface area contributed by atoms with Crippen molar-refractivity contribution >= 4 is 70.9 Å². The van der Waals surface area contributed by atoms with Gasteiger partial charge in [-0.1, -0.05) is 36.7 Å². The van der Waals surface area contributed by atoms with Crippen LogP contribution in [0.4, 0.5) is 0 Å². The van der Waals surface area contributed by atoms with E-state index < -0.39 is 17.5 Å². The second-order valence-corrected chi connectivity index (χ2v) is 11.1. The Bertz CT molecular complexity index is 1380. The van der Waals surface area contributed by atoms with E-state index in [0.29, 0.717) is 42.7 Å². The number of hydrogen-bond donors (Lipinski definition) is 0. The Labute approximate surface area is 228 Å². The normalized spacial score (nSPS) is 12.7. The van der Waals surface area contributed by atoms with Crippen LogP contribution in [0.3, 0.4) is 0 Å². The number of carbonyl (C=O) groups excluding carboxylic acids is 1. The number of halogens is 3. The van der Waals surface area contributed by atoms with E-state index >= 15 is 0 Å². The first kappa shape index (κ1) is 27.3. The minimum atomic E-state index is -0.854. The second-order valence-electron chi connectivity index (χ2n) is 8.62. The molecule has 0 bridgehead atoms. The molecule has 0 radical (unpaired) electrons. The number of ether oxygens (including phenoxy) is 3. The van der Waals surface area contributed by atoms with Crippen LogP contribution in [0.25, 0.3) is 10.9 Å². The van der Waals surface area contributed by atoms with Crippen molar-refractivity contribution in [3.8, 4) is 11.5 Å². The number of methoxy groups -OCH3 is 2. The topological polar surface area (TPSA) is 92.0 Å². The van der Waals surface area contributed by atoms with E-state index in [2.05, 4.69) is 52.9 Å². The molecule has 1 atom stereocenters. The number of carbonyl (C=O) groups is 1. The van der Waals surface area contributed by atoms with E-state index in [0.717, 1.165) is 4.47 Å². The lowest BCUT2D eigenvalue weighted by atomic mass is 9.95. The van der Waals surface area contributed by atoms with E-state index in [1.165, 1.54) is 25.1 Å². The van der Waals surface area contributed by atoms with Gasteiger partial charge in [0.2, 0.25) is 0 Å². The molecule has 0 unspecified atom stereocenters. The first-order chi connectivity index (χ1) is 16.4. The zero-order valence-corrected chi connectivity index (χ0v) is 24.7. The SMILES string of the molecule is COC(=O)[C@@H](C)Oc1c(OC)cc(C=Nn2c(C(C)(C)C)nc3ccc(Br)cc3c2=O)c(Br)c1Br. The summed E-state index contributed by atoms with van der Waals surface area (Å²) in [6.07, 6.45) is 0.681. The molecule has 0 aliphatic rings. The molecule has 0 saturated carbocycles. The fourth-order valence-corrected chi connectivity index (χ4v) is 4.49. The Balaban J connectivity index is 2.15. The summed E-state index contributed by atoms with van der Waals surface area (Å²) in [5.41, 5.74) is 0.468. The molecule has 2 aromatic carbocycles. The average molecular weight is 674 g/mol. The van der Waals surface area contributed by atoms with Crippen molar-refractivity contribution in [2.45, 2.75) is 39.2 Å². The summed E-state index contributed by atoms with van der Waals surface area (Å²) in [5, 5.41) is 4.96. The maximum absolute atomic E-state index is 13.4. The van der Waals surface area contributed by atoms with Crippen LogP contribution in [0.5, 0.6) is 11.5 Å². The molecule has 3 aromatic rings. The predicted molar refractivity (Wildman–Crippen MR) is 146 cm³/mol. The van der Waals surface area contributed by atoms with Gasteiger partial charge in [0.25, 0.3) is 5.56 Å². The van der Waals surface area contributed by atoms with E-state index in [4.69, 9.17) is 19.2 Å². The highest BCUT2D eigenvalue weighted by Gasteiger charge is 2.24. The van der Waals surface area contributed by atoms with Crippen LogP contribution in [0.2, 0.25) is 0 Å². The number of aromatic nitrogens is 2. The van der Waals surface area contributed by atoms with Gasteiger partial charge in [-0.2, -0.15) is 9.78 Å². The minimum absolute atomic E-state index is 0.286. The molecular formula is C24H24Br3N3O5. The average Bonchev–Trinajstić information content (AvgIpc) is 2.81. The molecule has 0 spiro atoms. The largest absolute Gasteiger partial charge is 0.493 e. The Kier molecular flexibility index (Phi) is 8.44. The first-order valence-electron chi connectivity index (χ1n) is 10.5. The van der Waals surface area contributed by atoms with Crippen LogP contribution in [-0.2, 0) is 14.9 Å². The maximum Gasteiger partial charge on any atom is 0.346 e. The third kappa shape index (κ3) is 5.78. The molecule has 1 heterocycles. The van der Waals surface area contributed by atoms with Gasteiger partial charge in [0.15, 0.2) is 17.6 Å². The van der Waals surface area contributed by atoms with Crippen molar-refractivity contribution in [3.05, 3.63) is 59.4 Å². The molecule has 35 heavy (non-hydrogen) atoms. The van der Waals surface area contributed by atoms with Crippen LogP contribution in [-0.4, -0.2) is 42.2 Å². The lowest BCUT2D eigenvalue weighted by Crippen LogP contribution is -2.29. The van der Waals surface area contributed by atoms with Crippen LogP contribution < -0.4 is 15.0 Å². The fraction of sp³-hybridized carbons (Fsp3) is 0.333. The highest BCUT2D eigenvalue weighted by molar-refractivity contribution is 9.13. The smallest absolute Gasteiger partial charge is 0.346 e. The monoisotopic (exact) mass is 671 g/mol. The molecule has 0 amide bonds. The van der Waals surface area contributed by atoms with Gasteiger partial charge in [0.1, 0.15) is 5.82 Å². The first-order valence-corrected chi connectivity index (χ1v) is 12.8. The van der Waals surface area contributed by atoms with Crippen LogP contribution in [0, 0.1) is 0 Å². The second kappa shape index (κ2) is 10.8. The van der Waals surface area contributed by atoms with Gasteiger partial charge in [-0.25, -0.2) is 9.78 Å². The molecule has 0 fully saturated rings. The summed E-state index contributed by atoms with van der Waals surface area (Å²) in [6, 6.07) is 7.06. The minimum Gasteiger partial charge on any atom is -0.493 e. The fourth-order valence-electron chi connectivity index (χ4n) is 3.21. The lowest BCUT2D eigenvalue weighted by molar-refractivity contribution is -0.147. The number of fused-ring (bicyclic) bond motifs is 1. The van der Waals surface area contributed by atoms with Crippen molar-refractivity contribution in [3.63, 3.8) is 0 Å². The highest BCUT2D eigenvalue weighted by Crippen LogP contribution is 2.43. The van der Waals surface area contributed by atoms with Crippen molar-refractivity contribution in [1.82, 2.24) is 9.66 Å². The quantitative estimate of drug-likeness (QED) is 0.242. The standard InChI is InChI=1S/C24H24Br3N3O5/c1-12(22(32)34-6)35-20-17(33-5)9-13(18(26)19(20)27)11-28-30-21(31)15-10-14(25)7-8-16(15)29-23(30)24(2,3)4/h7-12H,1-6H3/t12-/m1/s1. The van der Waals surface area contributed by atoms with Gasteiger partial charge in [0.05, 0.1) is 35.8 Å². The van der Waals surface area contributed by atoms with E-state index in [1.807, 2.05) is 26.8 Å². The molecule has 186 valence electrons. The molecule has 0 saturated heterocycles. The van der Waals surface area contributed by atoms with Crippen molar-refractivity contribution in [2.75, 3.05) is 14.2 Å². The summed E-state index contributed by atoms with van der Waals surface area (Å²) in [6.45, 7) is 7.48. The Hall–Kier alpha value is -2.24. The molecule has 0 aliphatic carbocycles. The number of nitrogens with zero attached hydrogens (tertiary/aromatic N) is 3.